The van der Waals surface area contributed by atoms with Gasteiger partial charge < -0.3 is 5.73 Å². The van der Waals surface area contributed by atoms with Crippen LogP contribution < -0.4 is 5.73 Å². The van der Waals surface area contributed by atoms with Gasteiger partial charge in [0.05, 0.1) is 0 Å². The van der Waals surface area contributed by atoms with Gasteiger partial charge in [-0.15, -0.1) is 11.8 Å². The molecule has 1 aromatic carbocycles. The highest BCUT2D eigenvalue weighted by Crippen LogP contribution is 2.23. The molecule has 0 heterocycles. The fourth-order valence-corrected chi connectivity index (χ4v) is 2.94. The number of halogens is 1. The van der Waals surface area contributed by atoms with E-state index in [1.807, 2.05) is 18.2 Å². The van der Waals surface area contributed by atoms with E-state index in [2.05, 4.69) is 19.9 Å². The predicted octanol–water partition coefficient (Wildman–Crippen LogP) is 4.20. The number of rotatable bonds is 6. The summed E-state index contributed by atoms with van der Waals surface area (Å²) in [5.74, 6) is 1.55. The Morgan fingerprint density at radius 1 is 1.44 bits per heavy atom. The fourth-order valence-electron chi connectivity index (χ4n) is 1.58. The molecule has 0 radical (unpaired) electrons. The maximum absolute atomic E-state index is 6.14. The van der Waals surface area contributed by atoms with Crippen molar-refractivity contribution in [2.24, 2.45) is 11.7 Å². The highest BCUT2D eigenvalue weighted by Gasteiger charge is 2.11. The topological polar surface area (TPSA) is 26.0 Å². The monoisotopic (exact) mass is 257 g/mol. The average Bonchev–Trinajstić information content (AvgIpc) is 2.26. The summed E-state index contributed by atoms with van der Waals surface area (Å²) in [6.45, 7) is 4.43. The molecule has 2 unspecified atom stereocenters. The van der Waals surface area contributed by atoms with Crippen LogP contribution in [0.4, 0.5) is 0 Å². The van der Waals surface area contributed by atoms with Gasteiger partial charge in [-0.25, -0.2) is 0 Å². The summed E-state index contributed by atoms with van der Waals surface area (Å²) in [7, 11) is 0. The van der Waals surface area contributed by atoms with Gasteiger partial charge in [-0.2, -0.15) is 0 Å². The first-order valence-electron chi connectivity index (χ1n) is 5.77. The minimum Gasteiger partial charge on any atom is -0.327 e. The first-order valence-corrected chi connectivity index (χ1v) is 7.13. The highest BCUT2D eigenvalue weighted by molar-refractivity contribution is 7.99. The van der Waals surface area contributed by atoms with Crippen LogP contribution in [0.25, 0.3) is 0 Å². The zero-order valence-corrected chi connectivity index (χ0v) is 11.5. The van der Waals surface area contributed by atoms with Crippen molar-refractivity contribution in [2.75, 3.05) is 5.75 Å². The maximum Gasteiger partial charge on any atom is 0.0417 e. The van der Waals surface area contributed by atoms with Crippen LogP contribution in [0.2, 0.25) is 5.02 Å². The lowest BCUT2D eigenvalue weighted by atomic mass is 9.99. The Morgan fingerprint density at radius 2 is 2.19 bits per heavy atom. The molecule has 0 aliphatic rings. The van der Waals surface area contributed by atoms with Crippen LogP contribution in [-0.4, -0.2) is 11.8 Å². The first kappa shape index (κ1) is 13.9. The normalized spacial score (nSPS) is 14.8. The molecule has 1 aromatic rings. The molecule has 2 N–H and O–H groups in total. The minimum absolute atomic E-state index is 0.268. The van der Waals surface area contributed by atoms with Crippen LogP contribution in [-0.2, 0) is 0 Å². The van der Waals surface area contributed by atoms with E-state index in [-0.39, 0.29) is 6.04 Å². The Labute approximate surface area is 108 Å². The molecular weight excluding hydrogens is 238 g/mol. The Kier molecular flexibility index (Phi) is 6.25. The zero-order chi connectivity index (χ0) is 12.0. The van der Waals surface area contributed by atoms with Gasteiger partial charge in [0, 0.05) is 21.7 Å². The average molecular weight is 258 g/mol. The van der Waals surface area contributed by atoms with Crippen LogP contribution in [0.3, 0.4) is 0 Å². The lowest BCUT2D eigenvalue weighted by Crippen LogP contribution is -2.30. The summed E-state index contributed by atoms with van der Waals surface area (Å²) in [5, 5.41) is 0.792. The minimum atomic E-state index is 0.268. The third kappa shape index (κ3) is 4.77. The number of hydrogen-bond acceptors (Lipinski definition) is 2. The Hall–Kier alpha value is -0.180. The van der Waals surface area contributed by atoms with E-state index < -0.39 is 0 Å². The molecule has 16 heavy (non-hydrogen) atoms. The van der Waals surface area contributed by atoms with Gasteiger partial charge in [-0.1, -0.05) is 37.9 Å². The standard InChI is InChI=1S/C13H20ClNS/c1-3-5-10(2)13(15)9-16-12-7-4-6-11(14)8-12/h4,6-8,10,13H,3,5,9,15H2,1-2H3. The second kappa shape index (κ2) is 7.21. The largest absolute Gasteiger partial charge is 0.327 e. The van der Waals surface area contributed by atoms with Crippen molar-refractivity contribution in [3.63, 3.8) is 0 Å². The van der Waals surface area contributed by atoms with Crippen molar-refractivity contribution in [2.45, 2.75) is 37.6 Å². The van der Waals surface area contributed by atoms with E-state index in [1.165, 1.54) is 17.7 Å². The molecule has 1 nitrogen and oxygen atoms in total. The van der Waals surface area contributed by atoms with Gasteiger partial charge in [0.1, 0.15) is 0 Å². The van der Waals surface area contributed by atoms with E-state index >= 15 is 0 Å². The van der Waals surface area contributed by atoms with Crippen LogP contribution in [0.5, 0.6) is 0 Å². The van der Waals surface area contributed by atoms with Crippen molar-refractivity contribution in [3.05, 3.63) is 29.3 Å². The zero-order valence-electron chi connectivity index (χ0n) is 9.95. The third-order valence-corrected chi connectivity index (χ3v) is 4.09. The fraction of sp³-hybridized carbons (Fsp3) is 0.538. The van der Waals surface area contributed by atoms with E-state index in [1.54, 1.807) is 11.8 Å². The number of benzene rings is 1. The van der Waals surface area contributed by atoms with Crippen LogP contribution in [0, 0.1) is 5.92 Å². The smallest absolute Gasteiger partial charge is 0.0417 e. The second-order valence-electron chi connectivity index (χ2n) is 4.20. The molecule has 90 valence electrons. The molecular formula is C13H20ClNS. The molecule has 0 spiro atoms. The summed E-state index contributed by atoms with van der Waals surface area (Å²) in [5.41, 5.74) is 6.14. The molecule has 0 aromatic heterocycles. The Balaban J connectivity index is 2.39. The Bertz CT molecular complexity index is 317. The van der Waals surface area contributed by atoms with Crippen LogP contribution in [0.1, 0.15) is 26.7 Å². The quantitative estimate of drug-likeness (QED) is 0.773. The third-order valence-electron chi connectivity index (χ3n) is 2.71. The summed E-state index contributed by atoms with van der Waals surface area (Å²) < 4.78 is 0. The van der Waals surface area contributed by atoms with Gasteiger partial charge in [0.2, 0.25) is 0 Å². The van der Waals surface area contributed by atoms with E-state index in [0.29, 0.717) is 5.92 Å². The van der Waals surface area contributed by atoms with Crippen LogP contribution >= 0.6 is 23.4 Å². The number of hydrogen-bond donors (Lipinski definition) is 1. The molecule has 0 bridgehead atoms. The van der Waals surface area contributed by atoms with Crippen molar-refractivity contribution in [1.29, 1.82) is 0 Å². The first-order chi connectivity index (χ1) is 7.63. The molecule has 2 atom stereocenters. The number of thioether (sulfide) groups is 1. The molecule has 0 aliphatic heterocycles. The van der Waals surface area contributed by atoms with Gasteiger partial charge in [0.25, 0.3) is 0 Å². The number of nitrogens with two attached hydrogens (primary N) is 1. The molecule has 0 fully saturated rings. The Morgan fingerprint density at radius 3 is 2.81 bits per heavy atom. The molecule has 0 aliphatic carbocycles. The van der Waals surface area contributed by atoms with Gasteiger partial charge in [-0.05, 0) is 30.5 Å². The van der Waals surface area contributed by atoms with E-state index in [0.717, 1.165) is 10.8 Å². The summed E-state index contributed by atoms with van der Waals surface area (Å²) in [6.07, 6.45) is 2.41. The lowest BCUT2D eigenvalue weighted by molar-refractivity contribution is 0.450. The van der Waals surface area contributed by atoms with Gasteiger partial charge >= 0.3 is 0 Å². The summed E-state index contributed by atoms with van der Waals surface area (Å²) in [4.78, 5) is 1.20. The highest BCUT2D eigenvalue weighted by atomic mass is 35.5. The van der Waals surface area contributed by atoms with Gasteiger partial charge in [0.15, 0.2) is 0 Å². The van der Waals surface area contributed by atoms with Crippen molar-refractivity contribution >= 4 is 23.4 Å². The predicted molar refractivity (Wildman–Crippen MR) is 74.2 cm³/mol. The maximum atomic E-state index is 6.14. The SMILES string of the molecule is CCCC(C)C(N)CSc1cccc(Cl)c1. The lowest BCUT2D eigenvalue weighted by Gasteiger charge is -2.18. The molecule has 0 saturated heterocycles. The molecule has 1 rings (SSSR count). The van der Waals surface area contributed by atoms with Crippen molar-refractivity contribution < 1.29 is 0 Å². The van der Waals surface area contributed by atoms with Crippen LogP contribution in [0.15, 0.2) is 29.2 Å². The van der Waals surface area contributed by atoms with Gasteiger partial charge in [-0.3, -0.25) is 0 Å². The van der Waals surface area contributed by atoms with Crippen molar-refractivity contribution in [1.82, 2.24) is 0 Å². The molecule has 0 amide bonds. The molecule has 3 heteroatoms. The summed E-state index contributed by atoms with van der Waals surface area (Å²) in [6, 6.07) is 8.21. The molecule has 0 saturated carbocycles. The second-order valence-corrected chi connectivity index (χ2v) is 5.73. The van der Waals surface area contributed by atoms with E-state index in [4.69, 9.17) is 17.3 Å². The van der Waals surface area contributed by atoms with Crippen molar-refractivity contribution in [3.8, 4) is 0 Å². The van der Waals surface area contributed by atoms with E-state index in [9.17, 15) is 0 Å². The summed E-state index contributed by atoms with van der Waals surface area (Å²) >= 11 is 7.72.